The molecule has 0 unspecified atom stereocenters. The van der Waals surface area contributed by atoms with Crippen molar-refractivity contribution in [2.24, 2.45) is 0 Å². The van der Waals surface area contributed by atoms with Gasteiger partial charge in [-0.15, -0.1) is 11.3 Å². The highest BCUT2D eigenvalue weighted by Gasteiger charge is 2.13. The highest BCUT2D eigenvalue weighted by molar-refractivity contribution is 7.09. The topological polar surface area (TPSA) is 24.9 Å². The summed E-state index contributed by atoms with van der Waals surface area (Å²) in [7, 11) is 0. The molecule has 3 rings (SSSR count). The fourth-order valence-corrected chi connectivity index (χ4v) is 3.43. The SMILES string of the molecule is c1ccc(-c2csc(CNC3CCCCC3)n2)cc1. The maximum Gasteiger partial charge on any atom is 0.107 e. The lowest BCUT2D eigenvalue weighted by molar-refractivity contribution is 0.372. The Morgan fingerprint density at radius 2 is 1.89 bits per heavy atom. The van der Waals surface area contributed by atoms with Gasteiger partial charge in [0.2, 0.25) is 0 Å². The molecular weight excluding hydrogens is 252 g/mol. The van der Waals surface area contributed by atoms with Crippen molar-refractivity contribution < 1.29 is 0 Å². The van der Waals surface area contributed by atoms with Gasteiger partial charge in [0, 0.05) is 23.5 Å². The standard InChI is InChI=1S/C16H20N2S/c1-3-7-13(8-4-1)15-12-19-16(18-15)11-17-14-9-5-2-6-10-14/h1,3-4,7-8,12,14,17H,2,5-6,9-11H2. The Morgan fingerprint density at radius 3 is 2.68 bits per heavy atom. The molecule has 2 aromatic rings. The zero-order valence-corrected chi connectivity index (χ0v) is 12.0. The summed E-state index contributed by atoms with van der Waals surface area (Å²) in [5.74, 6) is 0. The van der Waals surface area contributed by atoms with Gasteiger partial charge in [-0.2, -0.15) is 0 Å². The van der Waals surface area contributed by atoms with Crippen LogP contribution in [0.3, 0.4) is 0 Å². The third kappa shape index (κ3) is 3.43. The first-order valence-electron chi connectivity index (χ1n) is 7.15. The summed E-state index contributed by atoms with van der Waals surface area (Å²) in [4.78, 5) is 4.72. The molecular formula is C16H20N2S. The van der Waals surface area contributed by atoms with E-state index in [0.29, 0.717) is 6.04 Å². The lowest BCUT2D eigenvalue weighted by Gasteiger charge is -2.22. The molecule has 2 nitrogen and oxygen atoms in total. The molecule has 0 spiro atoms. The Bertz CT molecular complexity index is 500. The predicted molar refractivity (Wildman–Crippen MR) is 81.3 cm³/mol. The minimum atomic E-state index is 0.706. The molecule has 1 saturated carbocycles. The second kappa shape index (κ2) is 6.31. The average Bonchev–Trinajstić information content (AvgIpc) is 2.96. The molecule has 0 aliphatic heterocycles. The van der Waals surface area contributed by atoms with Crippen molar-refractivity contribution in [2.75, 3.05) is 0 Å². The van der Waals surface area contributed by atoms with Crippen LogP contribution in [0.15, 0.2) is 35.7 Å². The summed E-state index contributed by atoms with van der Waals surface area (Å²) in [5, 5.41) is 7.01. The van der Waals surface area contributed by atoms with Crippen molar-refractivity contribution in [2.45, 2.75) is 44.7 Å². The van der Waals surface area contributed by atoms with Crippen LogP contribution in [0.5, 0.6) is 0 Å². The summed E-state index contributed by atoms with van der Waals surface area (Å²) in [6.45, 7) is 0.919. The van der Waals surface area contributed by atoms with Crippen molar-refractivity contribution in [1.82, 2.24) is 10.3 Å². The van der Waals surface area contributed by atoms with Crippen LogP contribution in [0.2, 0.25) is 0 Å². The molecule has 3 heteroatoms. The van der Waals surface area contributed by atoms with Crippen molar-refractivity contribution in [3.63, 3.8) is 0 Å². The van der Waals surface area contributed by atoms with Gasteiger partial charge in [0.05, 0.1) is 5.69 Å². The number of hydrogen-bond donors (Lipinski definition) is 1. The van der Waals surface area contributed by atoms with E-state index in [1.54, 1.807) is 11.3 Å². The highest BCUT2D eigenvalue weighted by atomic mass is 32.1. The van der Waals surface area contributed by atoms with Crippen LogP contribution in [0.25, 0.3) is 11.3 Å². The van der Waals surface area contributed by atoms with Crippen LogP contribution in [-0.2, 0) is 6.54 Å². The monoisotopic (exact) mass is 272 g/mol. The van der Waals surface area contributed by atoms with E-state index in [-0.39, 0.29) is 0 Å². The number of hydrogen-bond acceptors (Lipinski definition) is 3. The van der Waals surface area contributed by atoms with E-state index in [4.69, 9.17) is 4.98 Å². The Hall–Kier alpha value is -1.19. The van der Waals surface area contributed by atoms with Gasteiger partial charge in [0.1, 0.15) is 5.01 Å². The van der Waals surface area contributed by atoms with Crippen molar-refractivity contribution in [3.05, 3.63) is 40.7 Å². The van der Waals surface area contributed by atoms with Crippen molar-refractivity contribution in [3.8, 4) is 11.3 Å². The molecule has 1 N–H and O–H groups in total. The average molecular weight is 272 g/mol. The summed E-state index contributed by atoms with van der Waals surface area (Å²) < 4.78 is 0. The molecule has 0 bridgehead atoms. The molecule has 0 saturated heterocycles. The Kier molecular flexibility index (Phi) is 4.26. The third-order valence-corrected chi connectivity index (χ3v) is 4.62. The molecule has 0 amide bonds. The minimum absolute atomic E-state index is 0.706. The first kappa shape index (κ1) is 12.8. The molecule has 19 heavy (non-hydrogen) atoms. The van der Waals surface area contributed by atoms with Gasteiger partial charge < -0.3 is 5.32 Å². The Morgan fingerprint density at radius 1 is 1.11 bits per heavy atom. The second-order valence-corrected chi connectivity index (χ2v) is 6.15. The molecule has 1 aromatic heterocycles. The van der Waals surface area contributed by atoms with E-state index < -0.39 is 0 Å². The lowest BCUT2D eigenvalue weighted by atomic mass is 9.96. The predicted octanol–water partition coefficient (Wildman–Crippen LogP) is 4.23. The van der Waals surface area contributed by atoms with Crippen LogP contribution in [0.1, 0.15) is 37.1 Å². The fraction of sp³-hybridized carbons (Fsp3) is 0.438. The first-order chi connectivity index (χ1) is 9.42. The van der Waals surface area contributed by atoms with E-state index in [9.17, 15) is 0 Å². The number of benzene rings is 1. The van der Waals surface area contributed by atoms with Gasteiger partial charge in [-0.25, -0.2) is 4.98 Å². The molecule has 1 fully saturated rings. The van der Waals surface area contributed by atoms with Gasteiger partial charge in [-0.1, -0.05) is 49.6 Å². The summed E-state index contributed by atoms with van der Waals surface area (Å²) >= 11 is 1.76. The zero-order chi connectivity index (χ0) is 12.9. The fourth-order valence-electron chi connectivity index (χ4n) is 2.67. The smallest absolute Gasteiger partial charge is 0.107 e. The number of rotatable bonds is 4. The Labute approximate surface area is 118 Å². The molecule has 1 aliphatic rings. The minimum Gasteiger partial charge on any atom is -0.308 e. The summed E-state index contributed by atoms with van der Waals surface area (Å²) in [5.41, 5.74) is 2.31. The largest absolute Gasteiger partial charge is 0.308 e. The maximum atomic E-state index is 4.72. The van der Waals surface area contributed by atoms with E-state index in [1.807, 2.05) is 6.07 Å². The van der Waals surface area contributed by atoms with Gasteiger partial charge in [-0.05, 0) is 12.8 Å². The van der Waals surface area contributed by atoms with Gasteiger partial charge in [0.25, 0.3) is 0 Å². The lowest BCUT2D eigenvalue weighted by Crippen LogP contribution is -2.30. The van der Waals surface area contributed by atoms with Gasteiger partial charge >= 0.3 is 0 Å². The Balaban J connectivity index is 1.59. The molecule has 100 valence electrons. The third-order valence-electron chi connectivity index (χ3n) is 3.77. The van der Waals surface area contributed by atoms with Crippen LogP contribution >= 0.6 is 11.3 Å². The van der Waals surface area contributed by atoms with Gasteiger partial charge in [-0.3, -0.25) is 0 Å². The molecule has 0 atom stereocenters. The number of nitrogens with one attached hydrogen (secondary N) is 1. The van der Waals surface area contributed by atoms with Crippen LogP contribution in [0, 0.1) is 0 Å². The first-order valence-corrected chi connectivity index (χ1v) is 8.03. The second-order valence-electron chi connectivity index (χ2n) is 5.21. The summed E-state index contributed by atoms with van der Waals surface area (Å²) in [6, 6.07) is 11.1. The van der Waals surface area contributed by atoms with E-state index in [0.717, 1.165) is 12.2 Å². The normalized spacial score (nSPS) is 16.6. The zero-order valence-electron chi connectivity index (χ0n) is 11.1. The maximum absolute atomic E-state index is 4.72. The molecule has 1 heterocycles. The van der Waals surface area contributed by atoms with Crippen LogP contribution in [0.4, 0.5) is 0 Å². The molecule has 1 aromatic carbocycles. The van der Waals surface area contributed by atoms with Crippen molar-refractivity contribution in [1.29, 1.82) is 0 Å². The molecule has 0 radical (unpaired) electrons. The van der Waals surface area contributed by atoms with Gasteiger partial charge in [0.15, 0.2) is 0 Å². The van der Waals surface area contributed by atoms with E-state index in [1.165, 1.54) is 42.7 Å². The van der Waals surface area contributed by atoms with E-state index >= 15 is 0 Å². The number of nitrogens with zero attached hydrogens (tertiary/aromatic N) is 1. The summed E-state index contributed by atoms with van der Waals surface area (Å²) in [6.07, 6.45) is 6.83. The van der Waals surface area contributed by atoms with E-state index in [2.05, 4.69) is 35.0 Å². The number of aromatic nitrogens is 1. The van der Waals surface area contributed by atoms with Crippen molar-refractivity contribution >= 4 is 11.3 Å². The highest BCUT2D eigenvalue weighted by Crippen LogP contribution is 2.22. The molecule has 1 aliphatic carbocycles. The number of thiazole rings is 1. The quantitative estimate of drug-likeness (QED) is 0.901. The van der Waals surface area contributed by atoms with Crippen LogP contribution < -0.4 is 5.32 Å². The van der Waals surface area contributed by atoms with Crippen LogP contribution in [-0.4, -0.2) is 11.0 Å².